The van der Waals surface area contributed by atoms with E-state index in [-0.39, 0.29) is 24.1 Å². The van der Waals surface area contributed by atoms with Crippen LogP contribution in [0.5, 0.6) is 0 Å². The molecule has 19 heavy (non-hydrogen) atoms. The van der Waals surface area contributed by atoms with Gasteiger partial charge < -0.3 is 20.1 Å². The first-order valence-electron chi connectivity index (χ1n) is 6.72. The van der Waals surface area contributed by atoms with Gasteiger partial charge in [-0.05, 0) is 26.2 Å². The van der Waals surface area contributed by atoms with Gasteiger partial charge >= 0.3 is 12.0 Å². The van der Waals surface area contributed by atoms with Crippen molar-refractivity contribution in [1.82, 2.24) is 10.2 Å². The third kappa shape index (κ3) is 4.70. The highest BCUT2D eigenvalue weighted by atomic mass is 16.5. The van der Waals surface area contributed by atoms with E-state index in [4.69, 9.17) is 9.84 Å². The highest BCUT2D eigenvalue weighted by Gasteiger charge is 2.30. The first-order chi connectivity index (χ1) is 8.81. The van der Waals surface area contributed by atoms with Crippen molar-refractivity contribution in [2.75, 3.05) is 13.2 Å². The topological polar surface area (TPSA) is 78.9 Å². The smallest absolute Gasteiger partial charge is 0.326 e. The van der Waals surface area contributed by atoms with Gasteiger partial charge in [0.2, 0.25) is 0 Å². The molecule has 0 aromatic heterocycles. The highest BCUT2D eigenvalue weighted by Crippen LogP contribution is 2.12. The van der Waals surface area contributed by atoms with Crippen molar-refractivity contribution in [3.05, 3.63) is 0 Å². The average Bonchev–Trinajstić information content (AvgIpc) is 2.30. The summed E-state index contributed by atoms with van der Waals surface area (Å²) in [6.45, 7) is 8.62. The van der Waals surface area contributed by atoms with Gasteiger partial charge in [0.25, 0.3) is 0 Å². The summed E-state index contributed by atoms with van der Waals surface area (Å²) >= 11 is 0. The van der Waals surface area contributed by atoms with Gasteiger partial charge in [-0.3, -0.25) is 0 Å². The molecule has 6 heteroatoms. The number of ether oxygens (including phenoxy) is 1. The quantitative estimate of drug-likeness (QED) is 0.808. The van der Waals surface area contributed by atoms with Crippen LogP contribution < -0.4 is 5.32 Å². The van der Waals surface area contributed by atoms with Crippen LogP contribution in [0.3, 0.4) is 0 Å². The number of morpholine rings is 1. The molecule has 2 amide bonds. The van der Waals surface area contributed by atoms with Gasteiger partial charge in [0, 0.05) is 6.54 Å². The molecule has 0 radical (unpaired) electrons. The highest BCUT2D eigenvalue weighted by molar-refractivity contribution is 5.82. The Morgan fingerprint density at radius 3 is 2.58 bits per heavy atom. The summed E-state index contributed by atoms with van der Waals surface area (Å²) in [4.78, 5) is 24.9. The fourth-order valence-electron chi connectivity index (χ4n) is 2.11. The van der Waals surface area contributed by atoms with E-state index in [9.17, 15) is 9.59 Å². The van der Waals surface area contributed by atoms with Gasteiger partial charge in [-0.25, -0.2) is 9.59 Å². The summed E-state index contributed by atoms with van der Waals surface area (Å²) < 4.78 is 5.45. The number of nitrogens with zero attached hydrogens (tertiary/aromatic N) is 1. The fraction of sp³-hybridized carbons (Fsp3) is 0.846. The molecule has 110 valence electrons. The summed E-state index contributed by atoms with van der Waals surface area (Å²) in [7, 11) is 0. The monoisotopic (exact) mass is 272 g/mol. The number of hydrogen-bond donors (Lipinski definition) is 2. The van der Waals surface area contributed by atoms with Gasteiger partial charge in [0.1, 0.15) is 6.04 Å². The Balaban J connectivity index is 2.62. The van der Waals surface area contributed by atoms with Crippen LogP contribution in [0.2, 0.25) is 0 Å². The fourth-order valence-corrected chi connectivity index (χ4v) is 2.11. The van der Waals surface area contributed by atoms with Crippen LogP contribution in [0.1, 0.15) is 34.1 Å². The number of nitrogens with one attached hydrogen (secondary N) is 1. The SMILES string of the molecule is CC(C)C[C@@H](NC(=O)N1CC(C)OCC1C)C(=O)O. The molecule has 2 unspecified atom stereocenters. The third-order valence-corrected chi connectivity index (χ3v) is 3.17. The zero-order chi connectivity index (χ0) is 14.6. The molecule has 0 spiro atoms. The zero-order valence-electron chi connectivity index (χ0n) is 12.0. The Hall–Kier alpha value is -1.30. The summed E-state index contributed by atoms with van der Waals surface area (Å²) in [5, 5.41) is 11.7. The molecule has 0 aliphatic carbocycles. The summed E-state index contributed by atoms with van der Waals surface area (Å²) in [6.07, 6.45) is 0.408. The largest absolute Gasteiger partial charge is 0.480 e. The number of carbonyl (C=O) groups excluding carboxylic acids is 1. The van der Waals surface area contributed by atoms with E-state index < -0.39 is 12.0 Å². The lowest BCUT2D eigenvalue weighted by atomic mass is 10.0. The Labute approximate surface area is 114 Å². The van der Waals surface area contributed by atoms with Crippen molar-refractivity contribution in [2.45, 2.75) is 52.3 Å². The number of hydrogen-bond acceptors (Lipinski definition) is 3. The van der Waals surface area contributed by atoms with Crippen LogP contribution in [0.25, 0.3) is 0 Å². The van der Waals surface area contributed by atoms with Gasteiger partial charge in [-0.1, -0.05) is 13.8 Å². The maximum Gasteiger partial charge on any atom is 0.326 e. The average molecular weight is 272 g/mol. The molecule has 0 saturated carbocycles. The molecule has 0 aromatic rings. The van der Waals surface area contributed by atoms with Crippen LogP contribution in [-0.4, -0.2) is 53.3 Å². The Kier molecular flexibility index (Phi) is 5.60. The number of urea groups is 1. The molecule has 1 rings (SSSR count). The van der Waals surface area contributed by atoms with Crippen LogP contribution >= 0.6 is 0 Å². The lowest BCUT2D eigenvalue weighted by Gasteiger charge is -2.37. The van der Waals surface area contributed by atoms with Crippen LogP contribution in [0, 0.1) is 5.92 Å². The van der Waals surface area contributed by atoms with E-state index in [0.717, 1.165) is 0 Å². The molecule has 1 heterocycles. The number of rotatable bonds is 4. The molecule has 3 atom stereocenters. The second kappa shape index (κ2) is 6.75. The van der Waals surface area contributed by atoms with Crippen molar-refractivity contribution in [1.29, 1.82) is 0 Å². The van der Waals surface area contributed by atoms with Crippen molar-refractivity contribution in [3.63, 3.8) is 0 Å². The Morgan fingerprint density at radius 2 is 2.05 bits per heavy atom. The molecule has 1 aliphatic heterocycles. The third-order valence-electron chi connectivity index (χ3n) is 3.17. The van der Waals surface area contributed by atoms with E-state index in [1.165, 1.54) is 0 Å². The molecule has 1 saturated heterocycles. The number of carboxylic acid groups (broad SMARTS) is 1. The lowest BCUT2D eigenvalue weighted by molar-refractivity contribution is -0.139. The number of aliphatic carboxylic acids is 1. The van der Waals surface area contributed by atoms with Gasteiger partial charge in [0.15, 0.2) is 0 Å². The zero-order valence-corrected chi connectivity index (χ0v) is 12.0. The van der Waals surface area contributed by atoms with E-state index in [2.05, 4.69) is 5.32 Å². The number of amides is 2. The maximum atomic E-state index is 12.1. The molecular weight excluding hydrogens is 248 g/mol. The first kappa shape index (κ1) is 15.8. The molecule has 1 aliphatic rings. The molecular formula is C13H24N2O4. The second-order valence-corrected chi connectivity index (χ2v) is 5.62. The van der Waals surface area contributed by atoms with Gasteiger partial charge in [-0.2, -0.15) is 0 Å². The number of carbonyl (C=O) groups is 2. The normalized spacial score (nSPS) is 25.2. The summed E-state index contributed by atoms with van der Waals surface area (Å²) in [5.74, 6) is -0.779. The first-order valence-corrected chi connectivity index (χ1v) is 6.72. The lowest BCUT2D eigenvalue weighted by Crippen LogP contribution is -2.56. The molecule has 0 aromatic carbocycles. The maximum absolute atomic E-state index is 12.1. The van der Waals surface area contributed by atoms with Crippen molar-refractivity contribution < 1.29 is 19.4 Å². The minimum Gasteiger partial charge on any atom is -0.480 e. The van der Waals surface area contributed by atoms with E-state index >= 15 is 0 Å². The molecule has 1 fully saturated rings. The minimum atomic E-state index is -0.990. The molecule has 2 N–H and O–H groups in total. The predicted octanol–water partition coefficient (Wildman–Crippen LogP) is 1.30. The predicted molar refractivity (Wildman–Crippen MR) is 71.0 cm³/mol. The number of carboxylic acids is 1. The Morgan fingerprint density at radius 1 is 1.42 bits per heavy atom. The van der Waals surface area contributed by atoms with Gasteiger partial charge in [-0.15, -0.1) is 0 Å². The van der Waals surface area contributed by atoms with Crippen LogP contribution in [-0.2, 0) is 9.53 Å². The van der Waals surface area contributed by atoms with E-state index in [0.29, 0.717) is 19.6 Å². The second-order valence-electron chi connectivity index (χ2n) is 5.62. The summed E-state index contributed by atoms with van der Waals surface area (Å²) in [6, 6.07) is -1.20. The molecule has 6 nitrogen and oxygen atoms in total. The van der Waals surface area contributed by atoms with Crippen molar-refractivity contribution >= 4 is 12.0 Å². The van der Waals surface area contributed by atoms with E-state index in [1.54, 1.807) is 4.90 Å². The minimum absolute atomic E-state index is 0.0182. The van der Waals surface area contributed by atoms with Crippen LogP contribution in [0.4, 0.5) is 4.79 Å². The Bertz CT molecular complexity index is 333. The van der Waals surface area contributed by atoms with Crippen molar-refractivity contribution in [2.24, 2.45) is 5.92 Å². The van der Waals surface area contributed by atoms with Gasteiger partial charge in [0.05, 0.1) is 18.8 Å². The molecule has 0 bridgehead atoms. The summed E-state index contributed by atoms with van der Waals surface area (Å²) in [5.41, 5.74) is 0. The van der Waals surface area contributed by atoms with E-state index in [1.807, 2.05) is 27.7 Å². The van der Waals surface area contributed by atoms with Crippen LogP contribution in [0.15, 0.2) is 0 Å². The standard InChI is InChI=1S/C13H24N2O4/c1-8(2)5-11(12(16)17)14-13(18)15-6-10(4)19-7-9(15)3/h8-11H,5-7H2,1-4H3,(H,14,18)(H,16,17)/t9?,10?,11-/m1/s1. The van der Waals surface area contributed by atoms with Crippen molar-refractivity contribution in [3.8, 4) is 0 Å².